The van der Waals surface area contributed by atoms with Crippen LogP contribution in [0.25, 0.3) is 11.3 Å². The SMILES string of the molecule is Cc1nc(F)ncc1-c1nc(F)nc(F)c1[N+](=O)[O-]. The molecule has 7 nitrogen and oxygen atoms in total. The molecule has 2 aromatic rings. The summed E-state index contributed by atoms with van der Waals surface area (Å²) in [7, 11) is 0. The van der Waals surface area contributed by atoms with Gasteiger partial charge in [0.05, 0.1) is 10.6 Å². The van der Waals surface area contributed by atoms with Crippen molar-refractivity contribution in [2.75, 3.05) is 0 Å². The van der Waals surface area contributed by atoms with Gasteiger partial charge in [-0.05, 0) is 6.92 Å². The van der Waals surface area contributed by atoms with E-state index in [4.69, 9.17) is 0 Å². The number of aromatic nitrogens is 4. The molecule has 0 saturated carbocycles. The monoisotopic (exact) mass is 271 g/mol. The summed E-state index contributed by atoms with van der Waals surface area (Å²) in [6.07, 6.45) is -1.70. The van der Waals surface area contributed by atoms with Gasteiger partial charge in [-0.25, -0.2) is 9.97 Å². The molecule has 0 aliphatic heterocycles. The van der Waals surface area contributed by atoms with Crippen LogP contribution in [0.1, 0.15) is 5.69 Å². The van der Waals surface area contributed by atoms with Crippen LogP contribution in [0.4, 0.5) is 18.9 Å². The van der Waals surface area contributed by atoms with Crippen LogP contribution in [0.5, 0.6) is 0 Å². The first-order valence-corrected chi connectivity index (χ1v) is 4.77. The van der Waals surface area contributed by atoms with Crippen molar-refractivity contribution in [1.29, 1.82) is 0 Å². The van der Waals surface area contributed by atoms with Crippen molar-refractivity contribution in [3.05, 3.63) is 40.1 Å². The number of rotatable bonds is 2. The van der Waals surface area contributed by atoms with E-state index in [1.165, 1.54) is 6.92 Å². The Balaban J connectivity index is 2.77. The predicted molar refractivity (Wildman–Crippen MR) is 54.3 cm³/mol. The lowest BCUT2D eigenvalue weighted by atomic mass is 10.1. The topological polar surface area (TPSA) is 94.7 Å². The van der Waals surface area contributed by atoms with Gasteiger partial charge in [-0.15, -0.1) is 0 Å². The standard InChI is InChI=1S/C9H4F3N5O2/c1-3-4(2-13-8(11)14-3)5-6(17(18)19)7(10)16-9(12)15-5/h2H,1H3. The molecule has 0 N–H and O–H groups in total. The maximum atomic E-state index is 13.3. The molecule has 19 heavy (non-hydrogen) atoms. The Kier molecular flexibility index (Phi) is 3.07. The van der Waals surface area contributed by atoms with E-state index in [0.29, 0.717) is 0 Å². The van der Waals surface area contributed by atoms with Gasteiger partial charge in [-0.2, -0.15) is 23.1 Å². The van der Waals surface area contributed by atoms with Gasteiger partial charge in [0, 0.05) is 11.8 Å². The number of hydrogen-bond acceptors (Lipinski definition) is 6. The number of halogens is 3. The molecule has 0 aliphatic carbocycles. The summed E-state index contributed by atoms with van der Waals surface area (Å²) in [6.45, 7) is 1.29. The van der Waals surface area contributed by atoms with Gasteiger partial charge in [-0.3, -0.25) is 10.1 Å². The Hall–Kier alpha value is -2.65. The molecule has 0 spiro atoms. The minimum Gasteiger partial charge on any atom is -0.258 e. The van der Waals surface area contributed by atoms with Crippen LogP contribution in [0.2, 0.25) is 0 Å². The summed E-state index contributed by atoms with van der Waals surface area (Å²) >= 11 is 0. The van der Waals surface area contributed by atoms with Crippen LogP contribution in [0.3, 0.4) is 0 Å². The molecule has 0 atom stereocenters. The number of nitrogens with zero attached hydrogens (tertiary/aromatic N) is 5. The second kappa shape index (κ2) is 4.55. The average Bonchev–Trinajstić information content (AvgIpc) is 2.26. The summed E-state index contributed by atoms with van der Waals surface area (Å²) in [5, 5.41) is 10.8. The van der Waals surface area contributed by atoms with Gasteiger partial charge in [0.15, 0.2) is 5.69 Å². The van der Waals surface area contributed by atoms with Crippen LogP contribution in [0.15, 0.2) is 6.20 Å². The first kappa shape index (κ1) is 12.8. The molecule has 2 aromatic heterocycles. The highest BCUT2D eigenvalue weighted by Gasteiger charge is 2.27. The average molecular weight is 271 g/mol. The number of nitro groups is 1. The molecular weight excluding hydrogens is 267 g/mol. The molecule has 98 valence electrons. The van der Waals surface area contributed by atoms with Gasteiger partial charge in [0.2, 0.25) is 0 Å². The third-order valence-electron chi connectivity index (χ3n) is 2.20. The van der Waals surface area contributed by atoms with E-state index in [1.807, 2.05) is 0 Å². The first-order valence-electron chi connectivity index (χ1n) is 4.77. The molecular formula is C9H4F3N5O2. The van der Waals surface area contributed by atoms with Crippen LogP contribution in [-0.2, 0) is 0 Å². The summed E-state index contributed by atoms with van der Waals surface area (Å²) in [5.41, 5.74) is -1.98. The van der Waals surface area contributed by atoms with Crippen molar-refractivity contribution >= 4 is 5.69 Å². The Morgan fingerprint density at radius 1 is 1.16 bits per heavy atom. The maximum absolute atomic E-state index is 13.3. The predicted octanol–water partition coefficient (Wildman–Crippen LogP) is 1.57. The van der Waals surface area contributed by atoms with Gasteiger partial charge in [0.1, 0.15) is 0 Å². The van der Waals surface area contributed by atoms with E-state index < -0.39 is 34.4 Å². The number of hydrogen-bond donors (Lipinski definition) is 0. The highest BCUT2D eigenvalue weighted by atomic mass is 19.1. The van der Waals surface area contributed by atoms with Gasteiger partial charge >= 0.3 is 17.8 Å². The number of aryl methyl sites for hydroxylation is 1. The maximum Gasteiger partial charge on any atom is 0.350 e. The zero-order valence-electron chi connectivity index (χ0n) is 9.26. The van der Waals surface area contributed by atoms with Gasteiger partial charge < -0.3 is 0 Å². The van der Waals surface area contributed by atoms with Crippen molar-refractivity contribution in [2.45, 2.75) is 6.92 Å². The van der Waals surface area contributed by atoms with Crippen molar-refractivity contribution in [3.8, 4) is 11.3 Å². The lowest BCUT2D eigenvalue weighted by Gasteiger charge is -2.04. The lowest BCUT2D eigenvalue weighted by molar-refractivity contribution is -0.387. The molecule has 0 aromatic carbocycles. The molecule has 10 heteroatoms. The Morgan fingerprint density at radius 2 is 1.84 bits per heavy atom. The van der Waals surface area contributed by atoms with E-state index in [2.05, 4.69) is 19.9 Å². The Labute approximate surface area is 103 Å². The van der Waals surface area contributed by atoms with Crippen molar-refractivity contribution in [2.24, 2.45) is 0 Å². The van der Waals surface area contributed by atoms with Crippen LogP contribution >= 0.6 is 0 Å². The van der Waals surface area contributed by atoms with Crippen LogP contribution < -0.4 is 0 Å². The molecule has 0 radical (unpaired) electrons. The van der Waals surface area contributed by atoms with Gasteiger partial charge in [-0.1, -0.05) is 0 Å². The summed E-state index contributed by atoms with van der Waals surface area (Å²) in [4.78, 5) is 21.9. The van der Waals surface area contributed by atoms with Crippen LogP contribution in [0, 0.1) is 35.1 Å². The second-order valence-corrected chi connectivity index (χ2v) is 3.38. The van der Waals surface area contributed by atoms with Gasteiger partial charge in [0.25, 0.3) is 5.95 Å². The largest absolute Gasteiger partial charge is 0.350 e. The molecule has 0 saturated heterocycles. The smallest absolute Gasteiger partial charge is 0.258 e. The highest BCUT2D eigenvalue weighted by molar-refractivity contribution is 5.69. The van der Waals surface area contributed by atoms with Crippen molar-refractivity contribution < 1.29 is 18.1 Å². The normalized spacial score (nSPS) is 10.5. The van der Waals surface area contributed by atoms with E-state index in [0.717, 1.165) is 6.20 Å². The Morgan fingerprint density at radius 3 is 2.42 bits per heavy atom. The summed E-state index contributed by atoms with van der Waals surface area (Å²) in [5.74, 6) is -1.63. The molecule has 0 fully saturated rings. The molecule has 0 unspecified atom stereocenters. The van der Waals surface area contributed by atoms with E-state index in [9.17, 15) is 23.3 Å². The van der Waals surface area contributed by atoms with E-state index in [-0.39, 0.29) is 11.3 Å². The third-order valence-corrected chi connectivity index (χ3v) is 2.20. The fraction of sp³-hybridized carbons (Fsp3) is 0.111. The second-order valence-electron chi connectivity index (χ2n) is 3.38. The van der Waals surface area contributed by atoms with Crippen LogP contribution in [-0.4, -0.2) is 24.9 Å². The molecule has 2 heterocycles. The molecule has 2 rings (SSSR count). The molecule has 0 aliphatic rings. The molecule has 0 amide bonds. The summed E-state index contributed by atoms with van der Waals surface area (Å²) < 4.78 is 39.0. The van der Waals surface area contributed by atoms with Crippen molar-refractivity contribution in [3.63, 3.8) is 0 Å². The van der Waals surface area contributed by atoms with E-state index in [1.54, 1.807) is 0 Å². The fourth-order valence-electron chi connectivity index (χ4n) is 1.42. The fourth-order valence-corrected chi connectivity index (χ4v) is 1.42. The summed E-state index contributed by atoms with van der Waals surface area (Å²) in [6, 6.07) is 0. The zero-order valence-corrected chi connectivity index (χ0v) is 9.26. The lowest BCUT2D eigenvalue weighted by Crippen LogP contribution is -2.06. The quantitative estimate of drug-likeness (QED) is 0.356. The zero-order chi connectivity index (χ0) is 14.2. The molecule has 0 bridgehead atoms. The van der Waals surface area contributed by atoms with Crippen molar-refractivity contribution in [1.82, 2.24) is 19.9 Å². The minimum atomic E-state index is -1.63. The highest BCUT2D eigenvalue weighted by Crippen LogP contribution is 2.30. The third kappa shape index (κ3) is 2.32. The first-order chi connectivity index (χ1) is 8.90. The van der Waals surface area contributed by atoms with E-state index >= 15 is 0 Å². The minimum absolute atomic E-state index is 0.0481. The Bertz CT molecular complexity index is 679.